The van der Waals surface area contributed by atoms with E-state index in [-0.39, 0.29) is 0 Å². The molecule has 1 rings (SSSR count). The average molecular weight is 218 g/mol. The number of H-pyrrole nitrogens is 1. The first-order chi connectivity index (χ1) is 6.53. The molecular formula is C7H14N4O2S. The Morgan fingerprint density at radius 2 is 2.29 bits per heavy atom. The van der Waals surface area contributed by atoms with Gasteiger partial charge >= 0.3 is 0 Å². The number of aromatic amines is 1. The van der Waals surface area contributed by atoms with Crippen molar-refractivity contribution in [3.8, 4) is 0 Å². The van der Waals surface area contributed by atoms with Crippen molar-refractivity contribution in [3.63, 3.8) is 0 Å². The zero-order valence-corrected chi connectivity index (χ0v) is 8.98. The summed E-state index contributed by atoms with van der Waals surface area (Å²) in [6.45, 7) is 4.10. The minimum Gasteiger partial charge on any atom is -0.281 e. The molecule has 80 valence electrons. The number of rotatable bonds is 5. The molecule has 3 N–H and O–H groups in total. The minimum atomic E-state index is -3.47. The summed E-state index contributed by atoms with van der Waals surface area (Å²) in [6, 6.07) is 1.62. The molecule has 0 saturated heterocycles. The number of hydrogen-bond donors (Lipinski definition) is 3. The molecule has 0 radical (unpaired) electrons. The highest BCUT2D eigenvalue weighted by molar-refractivity contribution is 7.90. The predicted molar refractivity (Wildman–Crippen MR) is 54.2 cm³/mol. The lowest BCUT2D eigenvalue weighted by Gasteiger charge is -2.04. The average Bonchev–Trinajstić information content (AvgIpc) is 2.47. The third-order valence-electron chi connectivity index (χ3n) is 1.49. The monoisotopic (exact) mass is 218 g/mol. The highest BCUT2D eigenvalue weighted by Gasteiger charge is 2.09. The van der Waals surface area contributed by atoms with E-state index in [0.29, 0.717) is 12.4 Å². The zero-order valence-electron chi connectivity index (χ0n) is 8.16. The third kappa shape index (κ3) is 3.35. The van der Waals surface area contributed by atoms with Gasteiger partial charge in [-0.3, -0.25) is 9.82 Å². The molecule has 0 fully saturated rings. The first-order valence-electron chi connectivity index (χ1n) is 4.33. The van der Waals surface area contributed by atoms with Crippen LogP contribution in [0, 0.1) is 6.92 Å². The molecule has 0 aliphatic heterocycles. The molecule has 0 amide bonds. The van der Waals surface area contributed by atoms with Crippen molar-refractivity contribution in [3.05, 3.63) is 11.8 Å². The van der Waals surface area contributed by atoms with Crippen LogP contribution >= 0.6 is 0 Å². The van der Waals surface area contributed by atoms with Gasteiger partial charge in [0, 0.05) is 18.3 Å². The van der Waals surface area contributed by atoms with Crippen molar-refractivity contribution in [1.29, 1.82) is 0 Å². The number of hydrogen-bond acceptors (Lipinski definition) is 3. The van der Waals surface area contributed by atoms with Gasteiger partial charge in [0.2, 0.25) is 0 Å². The number of nitrogens with one attached hydrogen (secondary N) is 3. The summed E-state index contributed by atoms with van der Waals surface area (Å²) in [5.41, 5.74) is 0.804. The fourth-order valence-electron chi connectivity index (χ4n) is 0.880. The van der Waals surface area contributed by atoms with Crippen LogP contribution in [0.3, 0.4) is 0 Å². The maximum absolute atomic E-state index is 11.3. The van der Waals surface area contributed by atoms with E-state index < -0.39 is 10.2 Å². The lowest BCUT2D eigenvalue weighted by molar-refractivity contribution is 0.586. The fourth-order valence-corrected chi connectivity index (χ4v) is 1.81. The van der Waals surface area contributed by atoms with Crippen molar-refractivity contribution in [1.82, 2.24) is 14.9 Å². The van der Waals surface area contributed by atoms with Crippen LogP contribution in [0.4, 0.5) is 5.82 Å². The Kier molecular flexibility index (Phi) is 3.48. The van der Waals surface area contributed by atoms with E-state index in [1.165, 1.54) is 0 Å². The van der Waals surface area contributed by atoms with E-state index in [0.717, 1.165) is 12.1 Å². The molecule has 1 aromatic heterocycles. The van der Waals surface area contributed by atoms with Crippen molar-refractivity contribution < 1.29 is 8.42 Å². The van der Waals surface area contributed by atoms with Gasteiger partial charge in [-0.2, -0.15) is 18.2 Å². The van der Waals surface area contributed by atoms with Crippen molar-refractivity contribution in [2.45, 2.75) is 20.3 Å². The van der Waals surface area contributed by atoms with Gasteiger partial charge in [-0.25, -0.2) is 0 Å². The van der Waals surface area contributed by atoms with Crippen LogP contribution in [0.15, 0.2) is 6.07 Å². The summed E-state index contributed by atoms with van der Waals surface area (Å²) in [4.78, 5) is 0. The van der Waals surface area contributed by atoms with E-state index in [2.05, 4.69) is 19.6 Å². The quantitative estimate of drug-likeness (QED) is 0.667. The van der Waals surface area contributed by atoms with Crippen LogP contribution in [0.5, 0.6) is 0 Å². The van der Waals surface area contributed by atoms with Gasteiger partial charge in [-0.15, -0.1) is 0 Å². The van der Waals surface area contributed by atoms with Crippen molar-refractivity contribution >= 4 is 16.0 Å². The van der Waals surface area contributed by atoms with Gasteiger partial charge in [0.15, 0.2) is 5.82 Å². The maximum Gasteiger partial charge on any atom is 0.300 e. The second-order valence-electron chi connectivity index (χ2n) is 2.94. The molecule has 0 saturated carbocycles. The van der Waals surface area contributed by atoms with E-state index >= 15 is 0 Å². The molecule has 14 heavy (non-hydrogen) atoms. The Morgan fingerprint density at radius 3 is 2.79 bits per heavy atom. The van der Waals surface area contributed by atoms with Crippen LogP contribution in [0.25, 0.3) is 0 Å². The number of aromatic nitrogens is 2. The standard InChI is InChI=1S/C7H14N4O2S/c1-3-4-8-14(12,13)11-7-5-6(2)9-10-7/h5,8H,3-4H2,1-2H3,(H2,9,10,11). The smallest absolute Gasteiger partial charge is 0.281 e. The molecule has 0 atom stereocenters. The molecule has 0 bridgehead atoms. The summed E-state index contributed by atoms with van der Waals surface area (Å²) < 4.78 is 27.3. The lowest BCUT2D eigenvalue weighted by Crippen LogP contribution is -2.30. The molecule has 6 nitrogen and oxygen atoms in total. The van der Waals surface area contributed by atoms with Crippen LogP contribution in [0.1, 0.15) is 19.0 Å². The highest BCUT2D eigenvalue weighted by atomic mass is 32.2. The summed E-state index contributed by atoms with van der Waals surface area (Å²) in [5, 5.41) is 6.40. The Bertz CT molecular complexity index is 384. The Balaban J connectivity index is 2.59. The van der Waals surface area contributed by atoms with E-state index in [1.807, 2.05) is 6.92 Å². The van der Waals surface area contributed by atoms with Crippen molar-refractivity contribution in [2.24, 2.45) is 0 Å². The van der Waals surface area contributed by atoms with Crippen LogP contribution in [-0.2, 0) is 10.2 Å². The molecule has 0 unspecified atom stereocenters. The van der Waals surface area contributed by atoms with E-state index in [4.69, 9.17) is 0 Å². The van der Waals surface area contributed by atoms with E-state index in [1.54, 1.807) is 13.0 Å². The van der Waals surface area contributed by atoms with Crippen LogP contribution in [0.2, 0.25) is 0 Å². The normalized spacial score (nSPS) is 11.6. The first-order valence-corrected chi connectivity index (χ1v) is 5.81. The zero-order chi connectivity index (χ0) is 10.6. The molecule has 0 aliphatic carbocycles. The topological polar surface area (TPSA) is 86.9 Å². The van der Waals surface area contributed by atoms with Crippen LogP contribution in [-0.4, -0.2) is 25.2 Å². The summed E-state index contributed by atoms with van der Waals surface area (Å²) >= 11 is 0. The third-order valence-corrected chi connectivity index (χ3v) is 2.55. The van der Waals surface area contributed by atoms with Gasteiger partial charge in [-0.1, -0.05) is 6.92 Å². The largest absolute Gasteiger partial charge is 0.300 e. The van der Waals surface area contributed by atoms with Gasteiger partial charge in [0.25, 0.3) is 10.2 Å². The molecule has 1 heterocycles. The summed E-state index contributed by atoms with van der Waals surface area (Å²) in [5.74, 6) is 0.297. The number of aryl methyl sites for hydroxylation is 1. The van der Waals surface area contributed by atoms with E-state index in [9.17, 15) is 8.42 Å². The summed E-state index contributed by atoms with van der Waals surface area (Å²) in [7, 11) is -3.47. The second kappa shape index (κ2) is 4.43. The second-order valence-corrected chi connectivity index (χ2v) is 4.44. The molecule has 7 heteroatoms. The van der Waals surface area contributed by atoms with Gasteiger partial charge < -0.3 is 0 Å². The fraction of sp³-hybridized carbons (Fsp3) is 0.571. The SMILES string of the molecule is CCCNS(=O)(=O)Nc1cc(C)[nH]n1. The first kappa shape index (κ1) is 11.0. The lowest BCUT2D eigenvalue weighted by atomic mass is 10.5. The highest BCUT2D eigenvalue weighted by Crippen LogP contribution is 2.04. The van der Waals surface area contributed by atoms with Gasteiger partial charge in [-0.05, 0) is 13.3 Å². The molecule has 0 aliphatic rings. The molecule has 0 spiro atoms. The number of anilines is 1. The Morgan fingerprint density at radius 1 is 1.57 bits per heavy atom. The van der Waals surface area contributed by atoms with Gasteiger partial charge in [0.05, 0.1) is 0 Å². The Labute approximate surface area is 83.3 Å². The molecule has 1 aromatic rings. The summed E-state index contributed by atoms with van der Waals surface area (Å²) in [6.07, 6.45) is 0.750. The van der Waals surface area contributed by atoms with Crippen LogP contribution < -0.4 is 9.44 Å². The molecular weight excluding hydrogens is 204 g/mol. The van der Waals surface area contributed by atoms with Gasteiger partial charge in [0.1, 0.15) is 0 Å². The predicted octanol–water partition coefficient (Wildman–Crippen LogP) is 0.374. The molecule has 0 aromatic carbocycles. The number of nitrogens with zero attached hydrogens (tertiary/aromatic N) is 1. The maximum atomic E-state index is 11.3. The minimum absolute atomic E-state index is 0.297. The van der Waals surface area contributed by atoms with Crippen molar-refractivity contribution in [2.75, 3.05) is 11.3 Å². The Hall–Kier alpha value is -1.08.